The van der Waals surface area contributed by atoms with Gasteiger partial charge in [0.25, 0.3) is 5.91 Å². The van der Waals surface area contributed by atoms with Gasteiger partial charge >= 0.3 is 0 Å². The Morgan fingerprint density at radius 2 is 2.50 bits per heavy atom. The first kappa shape index (κ1) is 11.3. The SMILES string of the molecule is CCNCC1Oc2cc(Br)cnc2NC1=O. The van der Waals surface area contributed by atoms with E-state index in [-0.39, 0.29) is 5.91 Å². The van der Waals surface area contributed by atoms with Gasteiger partial charge in [-0.2, -0.15) is 0 Å². The third-order valence-corrected chi connectivity index (χ3v) is 2.64. The van der Waals surface area contributed by atoms with E-state index in [4.69, 9.17) is 4.74 Å². The van der Waals surface area contributed by atoms with Gasteiger partial charge in [-0.1, -0.05) is 6.92 Å². The summed E-state index contributed by atoms with van der Waals surface area (Å²) >= 11 is 3.31. The zero-order valence-electron chi connectivity index (χ0n) is 8.79. The van der Waals surface area contributed by atoms with E-state index in [9.17, 15) is 4.79 Å². The molecule has 1 atom stereocenters. The minimum atomic E-state index is -0.497. The van der Waals surface area contributed by atoms with E-state index in [0.29, 0.717) is 18.1 Å². The average molecular weight is 286 g/mol. The number of nitrogens with zero attached hydrogens (tertiary/aromatic N) is 1. The van der Waals surface area contributed by atoms with Crippen LogP contribution in [0.15, 0.2) is 16.7 Å². The van der Waals surface area contributed by atoms with Crippen LogP contribution in [0.25, 0.3) is 0 Å². The number of halogens is 1. The lowest BCUT2D eigenvalue weighted by Crippen LogP contribution is -2.44. The van der Waals surface area contributed by atoms with Gasteiger partial charge in [0.15, 0.2) is 17.7 Å². The van der Waals surface area contributed by atoms with Crippen LogP contribution < -0.4 is 15.4 Å². The lowest BCUT2D eigenvalue weighted by Gasteiger charge is -2.25. The van der Waals surface area contributed by atoms with E-state index in [1.807, 2.05) is 6.92 Å². The fourth-order valence-corrected chi connectivity index (χ4v) is 1.73. The third-order valence-electron chi connectivity index (χ3n) is 2.20. The highest BCUT2D eigenvalue weighted by atomic mass is 79.9. The highest BCUT2D eigenvalue weighted by molar-refractivity contribution is 9.10. The minimum absolute atomic E-state index is 0.164. The second-order valence-electron chi connectivity index (χ2n) is 3.40. The number of nitrogens with one attached hydrogen (secondary N) is 2. The molecule has 0 bridgehead atoms. The summed E-state index contributed by atoms with van der Waals surface area (Å²) < 4.78 is 6.38. The van der Waals surface area contributed by atoms with E-state index in [1.165, 1.54) is 0 Å². The zero-order valence-corrected chi connectivity index (χ0v) is 10.4. The van der Waals surface area contributed by atoms with Crippen LogP contribution in [0, 0.1) is 0 Å². The zero-order chi connectivity index (χ0) is 11.5. The molecule has 1 aliphatic rings. The summed E-state index contributed by atoms with van der Waals surface area (Å²) in [5.41, 5.74) is 0. The molecule has 5 nitrogen and oxygen atoms in total. The quantitative estimate of drug-likeness (QED) is 0.875. The molecule has 0 saturated heterocycles. The molecule has 0 fully saturated rings. The molecule has 1 aromatic rings. The molecular weight excluding hydrogens is 274 g/mol. The van der Waals surface area contributed by atoms with Crippen molar-refractivity contribution < 1.29 is 9.53 Å². The molecule has 2 rings (SSSR count). The van der Waals surface area contributed by atoms with Crippen molar-refractivity contribution in [1.29, 1.82) is 0 Å². The van der Waals surface area contributed by atoms with Crippen LogP contribution in [-0.4, -0.2) is 30.1 Å². The number of pyridine rings is 1. The summed E-state index contributed by atoms with van der Waals surface area (Å²) in [5, 5.41) is 5.79. The van der Waals surface area contributed by atoms with Gasteiger partial charge < -0.3 is 15.4 Å². The Hall–Kier alpha value is -1.14. The predicted molar refractivity (Wildman–Crippen MR) is 63.5 cm³/mol. The van der Waals surface area contributed by atoms with Crippen molar-refractivity contribution in [2.45, 2.75) is 13.0 Å². The molecule has 0 saturated carbocycles. The van der Waals surface area contributed by atoms with Gasteiger partial charge in [0.05, 0.1) is 0 Å². The first-order valence-electron chi connectivity index (χ1n) is 5.04. The molecule has 1 aliphatic heterocycles. The Kier molecular flexibility index (Phi) is 3.40. The van der Waals surface area contributed by atoms with E-state index < -0.39 is 6.10 Å². The van der Waals surface area contributed by atoms with Crippen molar-refractivity contribution in [3.8, 4) is 5.75 Å². The van der Waals surface area contributed by atoms with Crippen molar-refractivity contribution in [1.82, 2.24) is 10.3 Å². The van der Waals surface area contributed by atoms with Crippen molar-refractivity contribution >= 4 is 27.7 Å². The van der Waals surface area contributed by atoms with Gasteiger partial charge in [-0.3, -0.25) is 4.79 Å². The van der Waals surface area contributed by atoms with E-state index in [2.05, 4.69) is 31.5 Å². The Morgan fingerprint density at radius 1 is 1.69 bits per heavy atom. The van der Waals surface area contributed by atoms with Crippen LogP contribution in [0.5, 0.6) is 5.75 Å². The van der Waals surface area contributed by atoms with Crippen LogP contribution in [-0.2, 0) is 4.79 Å². The molecule has 1 aromatic heterocycles. The molecule has 1 amide bonds. The van der Waals surface area contributed by atoms with Gasteiger partial charge in [-0.05, 0) is 28.5 Å². The number of hydrogen-bond acceptors (Lipinski definition) is 4. The molecule has 0 radical (unpaired) electrons. The van der Waals surface area contributed by atoms with Crippen LogP contribution in [0.1, 0.15) is 6.92 Å². The normalized spacial score (nSPS) is 18.6. The number of ether oxygens (including phenoxy) is 1. The Bertz CT molecular complexity index is 411. The van der Waals surface area contributed by atoms with E-state index >= 15 is 0 Å². The number of rotatable bonds is 3. The number of aromatic nitrogens is 1. The fraction of sp³-hybridized carbons (Fsp3) is 0.400. The van der Waals surface area contributed by atoms with Crippen molar-refractivity contribution in [3.63, 3.8) is 0 Å². The first-order chi connectivity index (χ1) is 7.70. The van der Waals surface area contributed by atoms with Gasteiger partial charge in [-0.25, -0.2) is 4.98 Å². The maximum atomic E-state index is 11.6. The molecule has 1 unspecified atom stereocenters. The summed E-state index contributed by atoms with van der Waals surface area (Å²) in [5.74, 6) is 0.904. The summed E-state index contributed by atoms with van der Waals surface area (Å²) in [7, 11) is 0. The molecule has 0 aromatic carbocycles. The summed E-state index contributed by atoms with van der Waals surface area (Å²) in [6.45, 7) is 3.28. The molecule has 6 heteroatoms. The van der Waals surface area contributed by atoms with Crippen molar-refractivity contribution in [3.05, 3.63) is 16.7 Å². The van der Waals surface area contributed by atoms with Crippen LogP contribution in [0.2, 0.25) is 0 Å². The minimum Gasteiger partial charge on any atom is -0.475 e. The van der Waals surface area contributed by atoms with E-state index in [1.54, 1.807) is 12.3 Å². The van der Waals surface area contributed by atoms with Crippen LogP contribution in [0.4, 0.5) is 5.82 Å². The van der Waals surface area contributed by atoms with Crippen molar-refractivity contribution in [2.24, 2.45) is 0 Å². The third kappa shape index (κ3) is 2.33. The second-order valence-corrected chi connectivity index (χ2v) is 4.32. The molecule has 2 heterocycles. The molecule has 0 aliphatic carbocycles. The second kappa shape index (κ2) is 4.80. The van der Waals surface area contributed by atoms with Crippen molar-refractivity contribution in [2.75, 3.05) is 18.4 Å². The molecule has 86 valence electrons. The monoisotopic (exact) mass is 285 g/mol. The smallest absolute Gasteiger partial charge is 0.268 e. The number of hydrogen-bond donors (Lipinski definition) is 2. The molecule has 16 heavy (non-hydrogen) atoms. The Balaban J connectivity index is 2.16. The first-order valence-corrected chi connectivity index (χ1v) is 5.83. The fourth-order valence-electron chi connectivity index (χ4n) is 1.42. The highest BCUT2D eigenvalue weighted by Gasteiger charge is 2.27. The van der Waals surface area contributed by atoms with Gasteiger partial charge in [0.1, 0.15) is 0 Å². The van der Waals surface area contributed by atoms with Crippen LogP contribution >= 0.6 is 15.9 Å². The van der Waals surface area contributed by atoms with Gasteiger partial charge in [-0.15, -0.1) is 0 Å². The Labute approximate surface area is 102 Å². The Morgan fingerprint density at radius 3 is 3.25 bits per heavy atom. The number of carbonyl (C=O) groups excluding carboxylic acids is 1. The molecular formula is C10H12BrN3O2. The van der Waals surface area contributed by atoms with Crippen LogP contribution in [0.3, 0.4) is 0 Å². The number of carbonyl (C=O) groups is 1. The summed E-state index contributed by atoms with van der Waals surface area (Å²) in [6, 6.07) is 1.79. The summed E-state index contributed by atoms with van der Waals surface area (Å²) in [6.07, 6.45) is 1.12. The largest absolute Gasteiger partial charge is 0.475 e. The maximum Gasteiger partial charge on any atom is 0.268 e. The topological polar surface area (TPSA) is 63.2 Å². The number of likely N-dealkylation sites (N-methyl/N-ethyl adjacent to an activating group) is 1. The molecule has 2 N–H and O–H groups in total. The number of anilines is 1. The van der Waals surface area contributed by atoms with Gasteiger partial charge in [0, 0.05) is 17.2 Å². The highest BCUT2D eigenvalue weighted by Crippen LogP contribution is 2.29. The van der Waals surface area contributed by atoms with Gasteiger partial charge in [0.2, 0.25) is 0 Å². The average Bonchev–Trinajstić information content (AvgIpc) is 2.27. The lowest BCUT2D eigenvalue weighted by atomic mass is 10.2. The summed E-state index contributed by atoms with van der Waals surface area (Å²) in [4.78, 5) is 15.7. The molecule has 0 spiro atoms. The standard InChI is InChI=1S/C10H12BrN3O2/c1-2-12-5-8-10(15)14-9-7(16-8)3-6(11)4-13-9/h3-4,8,12H,2,5H2,1H3,(H,13,14,15). The predicted octanol–water partition coefficient (Wildman–Crippen LogP) is 1.15. The number of amides is 1. The maximum absolute atomic E-state index is 11.6. The number of fused-ring (bicyclic) bond motifs is 1. The lowest BCUT2D eigenvalue weighted by molar-refractivity contribution is -0.123. The van der Waals surface area contributed by atoms with E-state index in [0.717, 1.165) is 11.0 Å².